The molecule has 7 rings (SSSR count). The summed E-state index contributed by atoms with van der Waals surface area (Å²) in [7, 11) is -0.0792. The average molecular weight is 862 g/mol. The van der Waals surface area contributed by atoms with Gasteiger partial charge in [0.05, 0.1) is 0 Å². The van der Waals surface area contributed by atoms with Crippen LogP contribution in [0.3, 0.4) is 0 Å². The molecule has 0 amide bonds. The van der Waals surface area contributed by atoms with Crippen molar-refractivity contribution in [2.45, 2.75) is 344 Å². The molecule has 1 heteroatoms. The Morgan fingerprint density at radius 1 is 0.230 bits per heavy atom. The lowest BCUT2D eigenvalue weighted by molar-refractivity contribution is -0.128. The van der Waals surface area contributed by atoms with Gasteiger partial charge in [-0.1, -0.05) is 258 Å². The van der Waals surface area contributed by atoms with E-state index >= 15 is 0 Å². The predicted octanol–water partition coefficient (Wildman–Crippen LogP) is 21.0. The highest BCUT2D eigenvalue weighted by Gasteiger charge is 2.69. The first-order valence-electron chi connectivity index (χ1n) is 30.1. The van der Waals surface area contributed by atoms with Crippen LogP contribution in [0.25, 0.3) is 0 Å². The maximum Gasteiger partial charge on any atom is 0.000315 e. The highest BCUT2D eigenvalue weighted by Crippen LogP contribution is 2.81. The zero-order valence-electron chi connectivity index (χ0n) is 41.6. The van der Waals surface area contributed by atoms with Gasteiger partial charge in [-0.15, -0.1) is 0 Å². The van der Waals surface area contributed by atoms with Crippen LogP contribution in [-0.2, 0) is 0 Å². The molecule has 0 bridgehead atoms. The third kappa shape index (κ3) is 13.3. The van der Waals surface area contributed by atoms with Gasteiger partial charge >= 0.3 is 0 Å². The topological polar surface area (TPSA) is 0 Å². The molecule has 2 atom stereocenters. The van der Waals surface area contributed by atoms with E-state index in [4.69, 9.17) is 0 Å². The van der Waals surface area contributed by atoms with Crippen LogP contribution in [0.5, 0.6) is 0 Å². The smallest absolute Gasteiger partial charge is 0.000315 e. The summed E-state index contributed by atoms with van der Waals surface area (Å²) in [6, 6.07) is 0. The van der Waals surface area contributed by atoms with Crippen LogP contribution in [-0.4, -0.2) is 16.5 Å². The molecule has 0 aromatic rings. The molecule has 0 saturated heterocycles. The Bertz CT molecular complexity index is 1020. The van der Waals surface area contributed by atoms with E-state index in [2.05, 4.69) is 0 Å². The summed E-state index contributed by atoms with van der Waals surface area (Å²) in [4.78, 5) is 0. The van der Waals surface area contributed by atoms with Crippen molar-refractivity contribution in [1.82, 2.24) is 0 Å². The van der Waals surface area contributed by atoms with Gasteiger partial charge in [0, 0.05) is 5.16 Å². The number of hydrogen-bond donors (Lipinski definition) is 0. The Morgan fingerprint density at radius 2 is 0.492 bits per heavy atom. The highest BCUT2D eigenvalue weighted by molar-refractivity contribution is 7.61. The summed E-state index contributed by atoms with van der Waals surface area (Å²) < 4.78 is 0. The molecule has 7 aliphatic rings. The first kappa shape index (κ1) is 49.3. The fourth-order valence-electron chi connectivity index (χ4n) is 17.9. The highest BCUT2D eigenvalue weighted by atomic mass is 31.1. The second kappa shape index (κ2) is 27.9. The molecule has 0 spiro atoms. The Morgan fingerprint density at radius 3 is 0.820 bits per heavy atom. The van der Waals surface area contributed by atoms with Crippen molar-refractivity contribution in [3.05, 3.63) is 0 Å². The SMILES string of the molecule is C1CCCCC(C2CCCC(C3CCCCCCCC3)(P(C3CCCCCCCC3)C3CCCCCCCC3)C2(C2CCCCCCCC2)C2CCCCCCCC2)CCC1. The molecular formula is C60H109P. The summed E-state index contributed by atoms with van der Waals surface area (Å²) in [6.45, 7) is 0. The molecule has 354 valence electrons. The molecule has 7 aliphatic carbocycles. The maximum absolute atomic E-state index is 1.71. The zero-order valence-corrected chi connectivity index (χ0v) is 42.4. The maximum atomic E-state index is 1.71. The van der Waals surface area contributed by atoms with Crippen molar-refractivity contribution in [3.8, 4) is 0 Å². The van der Waals surface area contributed by atoms with E-state index in [1.165, 1.54) is 12.8 Å². The molecule has 7 saturated carbocycles. The lowest BCUT2D eigenvalue weighted by Crippen LogP contribution is -2.67. The lowest BCUT2D eigenvalue weighted by atomic mass is 9.41. The molecule has 0 aliphatic heterocycles. The largest absolute Gasteiger partial charge is 0.0931 e. The van der Waals surface area contributed by atoms with Gasteiger partial charge in [-0.05, 0) is 123 Å². The molecule has 61 heavy (non-hydrogen) atoms. The van der Waals surface area contributed by atoms with E-state index in [0.717, 1.165) is 40.9 Å². The van der Waals surface area contributed by atoms with Gasteiger partial charge in [0.1, 0.15) is 0 Å². The van der Waals surface area contributed by atoms with Crippen molar-refractivity contribution in [2.24, 2.45) is 35.0 Å². The normalized spacial score (nSPS) is 32.3. The fourth-order valence-corrected chi connectivity index (χ4v) is 23.7. The van der Waals surface area contributed by atoms with Crippen LogP contribution in [0.15, 0.2) is 0 Å². The molecule has 0 heterocycles. The van der Waals surface area contributed by atoms with Crippen molar-refractivity contribution in [1.29, 1.82) is 0 Å². The van der Waals surface area contributed by atoms with Crippen LogP contribution in [0.1, 0.15) is 327 Å². The van der Waals surface area contributed by atoms with Gasteiger partial charge in [-0.25, -0.2) is 0 Å². The molecule has 0 N–H and O–H groups in total. The van der Waals surface area contributed by atoms with E-state index in [1.807, 2.05) is 0 Å². The summed E-state index contributed by atoms with van der Waals surface area (Å²) in [5, 5.41) is 0.642. The van der Waals surface area contributed by atoms with Gasteiger partial charge in [0.25, 0.3) is 0 Å². The summed E-state index contributed by atoms with van der Waals surface area (Å²) >= 11 is 0. The first-order valence-corrected chi connectivity index (χ1v) is 31.6. The minimum Gasteiger partial charge on any atom is -0.0931 e. The van der Waals surface area contributed by atoms with Crippen molar-refractivity contribution in [2.75, 3.05) is 0 Å². The third-order valence-corrected chi connectivity index (χ3v) is 24.9. The van der Waals surface area contributed by atoms with Crippen LogP contribution >= 0.6 is 7.92 Å². The Balaban J connectivity index is 1.53. The standard InChI is InChI=1S/C60H109P/c1-2-14-26-39-52(38-25-13-1)58-50-37-51-59(53-40-27-15-3-4-16-28-41-53,61(56-46-33-21-9-10-22-34-47-56)57-48-35-23-11-12-24-36-49-57)60(58,54-42-29-17-5-6-18-30-43-54)55-44-31-19-7-8-20-32-45-55/h52-58H,1-51H2. The van der Waals surface area contributed by atoms with Gasteiger partial charge in [0.2, 0.25) is 0 Å². The van der Waals surface area contributed by atoms with Gasteiger partial charge in [-0.2, -0.15) is 0 Å². The van der Waals surface area contributed by atoms with Gasteiger partial charge < -0.3 is 0 Å². The first-order chi connectivity index (χ1) is 30.4. The van der Waals surface area contributed by atoms with E-state index in [-0.39, 0.29) is 7.92 Å². The quantitative estimate of drug-likeness (QED) is 0.224. The predicted molar refractivity (Wildman–Crippen MR) is 273 cm³/mol. The summed E-state index contributed by atoms with van der Waals surface area (Å²) in [6.07, 6.45) is 80.9. The van der Waals surface area contributed by atoms with E-state index in [1.54, 1.807) is 315 Å². The molecule has 0 radical (unpaired) electrons. The summed E-state index contributed by atoms with van der Waals surface area (Å²) in [5.74, 6) is 5.17. The van der Waals surface area contributed by atoms with Crippen molar-refractivity contribution >= 4 is 7.92 Å². The molecule has 2 unspecified atom stereocenters. The second-order valence-corrected chi connectivity index (χ2v) is 27.2. The Labute approximate surface area is 385 Å². The van der Waals surface area contributed by atoms with E-state index in [0.29, 0.717) is 10.6 Å². The molecule has 0 aromatic heterocycles. The van der Waals surface area contributed by atoms with Crippen LogP contribution in [0.2, 0.25) is 0 Å². The van der Waals surface area contributed by atoms with Gasteiger partial charge in [-0.3, -0.25) is 0 Å². The zero-order chi connectivity index (χ0) is 41.7. The Kier molecular flexibility index (Phi) is 22.6. The third-order valence-electron chi connectivity index (χ3n) is 20.4. The van der Waals surface area contributed by atoms with Gasteiger partial charge in [0.15, 0.2) is 0 Å². The summed E-state index contributed by atoms with van der Waals surface area (Å²) in [5.41, 5.74) is 2.77. The lowest BCUT2D eigenvalue weighted by Gasteiger charge is -2.73. The van der Waals surface area contributed by atoms with E-state index < -0.39 is 0 Å². The number of rotatable bonds is 7. The Hall–Kier alpha value is 0.430. The monoisotopic (exact) mass is 861 g/mol. The minimum absolute atomic E-state index is 0.0792. The van der Waals surface area contributed by atoms with Crippen molar-refractivity contribution < 1.29 is 0 Å². The number of hydrogen-bond acceptors (Lipinski definition) is 0. The molecule has 0 nitrogen and oxygen atoms in total. The molecule has 7 fully saturated rings. The van der Waals surface area contributed by atoms with Crippen LogP contribution in [0.4, 0.5) is 0 Å². The van der Waals surface area contributed by atoms with Crippen molar-refractivity contribution in [3.63, 3.8) is 0 Å². The van der Waals surface area contributed by atoms with Crippen LogP contribution in [0, 0.1) is 35.0 Å². The molecule has 0 aromatic carbocycles. The van der Waals surface area contributed by atoms with E-state index in [9.17, 15) is 0 Å². The van der Waals surface area contributed by atoms with Crippen LogP contribution < -0.4 is 0 Å². The average Bonchev–Trinajstić information content (AvgIpc) is 3.75. The minimum atomic E-state index is -0.0792. The second-order valence-electron chi connectivity index (χ2n) is 24.1. The molecular weight excluding hydrogens is 752 g/mol. The fraction of sp³-hybridized carbons (Fsp3) is 1.00.